The second-order valence-electron chi connectivity index (χ2n) is 8.32. The van der Waals surface area contributed by atoms with Crippen LogP contribution in [0.25, 0.3) is 0 Å². The molecule has 2 aliphatic rings. The molecule has 4 unspecified atom stereocenters. The number of nitrogens with zero attached hydrogens (tertiary/aromatic N) is 1. The highest BCUT2D eigenvalue weighted by Gasteiger charge is 2.38. The summed E-state index contributed by atoms with van der Waals surface area (Å²) >= 11 is 0. The first-order valence-corrected chi connectivity index (χ1v) is 11.1. The monoisotopic (exact) mass is 414 g/mol. The van der Waals surface area contributed by atoms with E-state index in [9.17, 15) is 14.4 Å². The molecule has 0 radical (unpaired) electrons. The normalized spacial score (nSPS) is 22.7. The smallest absolute Gasteiger partial charge is 0.245 e. The molecule has 3 N–H and O–H groups in total. The third-order valence-electron chi connectivity index (χ3n) is 6.37. The Bertz CT molecular complexity index is 781. The number of nitrogens with one attached hydrogen (secondary N) is 3. The highest BCUT2D eigenvalue weighted by atomic mass is 16.2. The minimum absolute atomic E-state index is 0.00171. The molecule has 0 bridgehead atoms. The Morgan fingerprint density at radius 1 is 1.17 bits per heavy atom. The molecule has 1 aromatic carbocycles. The first-order valence-electron chi connectivity index (χ1n) is 11.1. The first kappa shape index (κ1) is 22.3. The van der Waals surface area contributed by atoms with E-state index in [1.54, 1.807) is 18.9 Å². The largest absolute Gasteiger partial charge is 0.347 e. The summed E-state index contributed by atoms with van der Waals surface area (Å²) in [7, 11) is 1.71. The van der Waals surface area contributed by atoms with E-state index in [0.29, 0.717) is 19.4 Å². The molecule has 1 aliphatic heterocycles. The molecule has 7 heteroatoms. The quantitative estimate of drug-likeness (QED) is 0.633. The van der Waals surface area contributed by atoms with Gasteiger partial charge in [0.05, 0.1) is 12.1 Å². The van der Waals surface area contributed by atoms with E-state index < -0.39 is 12.1 Å². The van der Waals surface area contributed by atoms with Crippen molar-refractivity contribution >= 4 is 17.7 Å². The van der Waals surface area contributed by atoms with Gasteiger partial charge in [0.15, 0.2) is 0 Å². The average Bonchev–Trinajstić information content (AvgIpc) is 3.26. The van der Waals surface area contributed by atoms with E-state index >= 15 is 0 Å². The van der Waals surface area contributed by atoms with E-state index in [1.165, 1.54) is 11.1 Å². The van der Waals surface area contributed by atoms with Crippen LogP contribution >= 0.6 is 0 Å². The minimum Gasteiger partial charge on any atom is -0.347 e. The lowest BCUT2D eigenvalue weighted by atomic mass is 9.87. The number of fused-ring (bicyclic) bond motifs is 1. The molecular weight excluding hydrogens is 380 g/mol. The van der Waals surface area contributed by atoms with Gasteiger partial charge in [0.2, 0.25) is 17.7 Å². The Kier molecular flexibility index (Phi) is 7.48. The number of hydrogen-bond acceptors (Lipinski definition) is 4. The molecule has 0 aromatic heterocycles. The predicted molar refractivity (Wildman–Crippen MR) is 116 cm³/mol. The van der Waals surface area contributed by atoms with E-state index in [4.69, 9.17) is 0 Å². The van der Waals surface area contributed by atoms with Crippen molar-refractivity contribution in [3.8, 4) is 0 Å². The van der Waals surface area contributed by atoms with Gasteiger partial charge in [0, 0.05) is 6.54 Å². The lowest BCUT2D eigenvalue weighted by molar-refractivity contribution is -0.141. The molecule has 1 saturated heterocycles. The number of rotatable bonds is 7. The van der Waals surface area contributed by atoms with Crippen LogP contribution in [-0.2, 0) is 20.8 Å². The Morgan fingerprint density at radius 2 is 1.93 bits per heavy atom. The Morgan fingerprint density at radius 3 is 2.67 bits per heavy atom. The van der Waals surface area contributed by atoms with Crippen molar-refractivity contribution in [2.24, 2.45) is 0 Å². The van der Waals surface area contributed by atoms with Gasteiger partial charge in [-0.25, -0.2) is 0 Å². The van der Waals surface area contributed by atoms with Crippen molar-refractivity contribution < 1.29 is 14.4 Å². The molecule has 30 heavy (non-hydrogen) atoms. The van der Waals surface area contributed by atoms with Crippen LogP contribution < -0.4 is 16.0 Å². The molecule has 164 valence electrons. The molecule has 4 atom stereocenters. The van der Waals surface area contributed by atoms with Crippen LogP contribution in [0.15, 0.2) is 24.3 Å². The fourth-order valence-electron chi connectivity index (χ4n) is 4.44. The molecule has 1 fully saturated rings. The Labute approximate surface area is 179 Å². The molecule has 1 heterocycles. The van der Waals surface area contributed by atoms with Crippen LogP contribution in [0.4, 0.5) is 0 Å². The third kappa shape index (κ3) is 4.83. The number of hydrogen-bond donors (Lipinski definition) is 3. The number of amides is 3. The van der Waals surface area contributed by atoms with E-state index in [1.807, 2.05) is 19.1 Å². The van der Waals surface area contributed by atoms with Gasteiger partial charge in [0.25, 0.3) is 0 Å². The maximum absolute atomic E-state index is 13.1. The van der Waals surface area contributed by atoms with E-state index in [-0.39, 0.29) is 29.8 Å². The second-order valence-corrected chi connectivity index (χ2v) is 8.32. The Hall–Kier alpha value is -2.41. The second kappa shape index (κ2) is 10.1. The lowest BCUT2D eigenvalue weighted by Gasteiger charge is -2.31. The van der Waals surface area contributed by atoms with Crippen LogP contribution in [0.3, 0.4) is 0 Å². The maximum atomic E-state index is 13.1. The summed E-state index contributed by atoms with van der Waals surface area (Å²) in [6, 6.07) is 6.79. The van der Waals surface area contributed by atoms with Crippen LogP contribution in [0.2, 0.25) is 0 Å². The van der Waals surface area contributed by atoms with Gasteiger partial charge in [-0.15, -0.1) is 0 Å². The summed E-state index contributed by atoms with van der Waals surface area (Å²) in [5, 5.41) is 8.90. The first-order chi connectivity index (χ1) is 14.5. The molecule has 7 nitrogen and oxygen atoms in total. The standard InChI is InChI=1S/C23H34N4O3/c1-4-18(25-21(28)15(2)24-3)23(30)27-14-8-13-20(27)22(29)26-19-12-7-10-16-9-5-6-11-17(16)19/h5-6,9,11,15,18-20,24H,4,7-8,10,12-14H2,1-3H3,(H,25,28)(H,26,29). The fraction of sp³-hybridized carbons (Fsp3) is 0.609. The predicted octanol–water partition coefficient (Wildman–Crippen LogP) is 1.67. The minimum atomic E-state index is -0.614. The van der Waals surface area contributed by atoms with Crippen molar-refractivity contribution in [3.63, 3.8) is 0 Å². The highest BCUT2D eigenvalue weighted by molar-refractivity contribution is 5.93. The van der Waals surface area contributed by atoms with E-state index in [0.717, 1.165) is 25.7 Å². The van der Waals surface area contributed by atoms with Crippen molar-refractivity contribution in [1.29, 1.82) is 0 Å². The van der Waals surface area contributed by atoms with Crippen LogP contribution in [0.1, 0.15) is 63.1 Å². The Balaban J connectivity index is 1.67. The number of carbonyl (C=O) groups excluding carboxylic acids is 3. The van der Waals surface area contributed by atoms with Crippen LogP contribution in [0.5, 0.6) is 0 Å². The molecule has 0 saturated carbocycles. The summed E-state index contributed by atoms with van der Waals surface area (Å²) in [4.78, 5) is 40.2. The van der Waals surface area contributed by atoms with Gasteiger partial charge in [0.1, 0.15) is 12.1 Å². The van der Waals surface area contributed by atoms with Crippen LogP contribution in [-0.4, -0.2) is 54.3 Å². The molecule has 1 aliphatic carbocycles. The van der Waals surface area contributed by atoms with Gasteiger partial charge >= 0.3 is 0 Å². The third-order valence-corrected chi connectivity index (χ3v) is 6.37. The van der Waals surface area contributed by atoms with Gasteiger partial charge in [-0.05, 0) is 63.6 Å². The molecule has 0 spiro atoms. The SMILES string of the molecule is CCC(NC(=O)C(C)NC)C(=O)N1CCCC1C(=O)NC1CCCc2ccccc21. The zero-order valence-corrected chi connectivity index (χ0v) is 18.2. The molecule has 3 amide bonds. The van der Waals surface area contributed by atoms with Crippen molar-refractivity contribution in [2.75, 3.05) is 13.6 Å². The van der Waals surface area contributed by atoms with Crippen molar-refractivity contribution in [2.45, 2.75) is 76.5 Å². The van der Waals surface area contributed by atoms with E-state index in [2.05, 4.69) is 28.1 Å². The summed E-state index contributed by atoms with van der Waals surface area (Å²) in [6.45, 7) is 4.17. The van der Waals surface area contributed by atoms with Crippen molar-refractivity contribution in [1.82, 2.24) is 20.9 Å². The summed E-state index contributed by atoms with van der Waals surface area (Å²) in [6.07, 6.45) is 4.94. The maximum Gasteiger partial charge on any atom is 0.245 e. The fourth-order valence-corrected chi connectivity index (χ4v) is 4.44. The van der Waals surface area contributed by atoms with Gasteiger partial charge in [-0.3, -0.25) is 14.4 Å². The average molecular weight is 415 g/mol. The zero-order valence-electron chi connectivity index (χ0n) is 18.2. The molecular formula is C23H34N4O3. The summed E-state index contributed by atoms with van der Waals surface area (Å²) in [5.41, 5.74) is 2.48. The number of likely N-dealkylation sites (N-methyl/N-ethyl adjacent to an activating group) is 1. The summed E-state index contributed by atoms with van der Waals surface area (Å²) in [5.74, 6) is -0.472. The number of benzene rings is 1. The highest BCUT2D eigenvalue weighted by Crippen LogP contribution is 2.30. The zero-order chi connectivity index (χ0) is 21.7. The van der Waals surface area contributed by atoms with Crippen LogP contribution in [0, 0.1) is 0 Å². The molecule has 1 aromatic rings. The van der Waals surface area contributed by atoms with Crippen molar-refractivity contribution in [3.05, 3.63) is 35.4 Å². The number of carbonyl (C=O) groups is 3. The van der Waals surface area contributed by atoms with Gasteiger partial charge in [-0.2, -0.15) is 0 Å². The molecule has 3 rings (SSSR count). The summed E-state index contributed by atoms with van der Waals surface area (Å²) < 4.78 is 0. The number of aryl methyl sites for hydroxylation is 1. The number of likely N-dealkylation sites (tertiary alicyclic amines) is 1. The topological polar surface area (TPSA) is 90.5 Å². The lowest BCUT2D eigenvalue weighted by Crippen LogP contribution is -2.55. The van der Waals surface area contributed by atoms with Gasteiger partial charge < -0.3 is 20.9 Å². The van der Waals surface area contributed by atoms with Gasteiger partial charge in [-0.1, -0.05) is 31.2 Å².